The predicted molar refractivity (Wildman–Crippen MR) is 143 cm³/mol. The average molecular weight is 584 g/mol. The Kier molecular flexibility index (Phi) is 12.8. The third-order valence-corrected chi connectivity index (χ3v) is 22.0. The van der Waals surface area contributed by atoms with Crippen LogP contribution in [-0.4, -0.2) is 63.9 Å². The van der Waals surface area contributed by atoms with Gasteiger partial charge in [0, 0.05) is 0 Å². The molecule has 6 nitrogen and oxygen atoms in total. The van der Waals surface area contributed by atoms with Gasteiger partial charge in [-0.3, -0.25) is 0 Å². The van der Waals surface area contributed by atoms with Gasteiger partial charge < -0.3 is 0 Å². The fourth-order valence-corrected chi connectivity index (χ4v) is 20.3. The number of hydrogen-bond donors (Lipinski definition) is 0. The number of carbonyl (C=O) groups excluding carboxylic acids is 1. The Labute approximate surface area is 213 Å². The van der Waals surface area contributed by atoms with E-state index in [-0.39, 0.29) is 12.3 Å². The molecular formula is C27H51N3O3Sn. The number of likely N-dealkylation sites (tertiary alicyclic amines) is 1. The van der Waals surface area contributed by atoms with Gasteiger partial charge in [0.15, 0.2) is 0 Å². The molecule has 1 atom stereocenters. The number of amides is 1. The van der Waals surface area contributed by atoms with E-state index in [2.05, 4.69) is 31.5 Å². The number of imidazole rings is 1. The molecule has 0 N–H and O–H groups in total. The van der Waals surface area contributed by atoms with Crippen molar-refractivity contribution >= 4 is 28.2 Å². The van der Waals surface area contributed by atoms with Crippen LogP contribution in [0.15, 0.2) is 12.5 Å². The van der Waals surface area contributed by atoms with Gasteiger partial charge in [-0.05, 0) is 0 Å². The van der Waals surface area contributed by atoms with Gasteiger partial charge in [-0.15, -0.1) is 0 Å². The van der Waals surface area contributed by atoms with E-state index in [1.54, 1.807) is 4.90 Å². The van der Waals surface area contributed by atoms with Gasteiger partial charge in [-0.2, -0.15) is 0 Å². The minimum atomic E-state index is -2.49. The minimum absolute atomic E-state index is 0.191. The summed E-state index contributed by atoms with van der Waals surface area (Å²) in [7, 11) is 0. The van der Waals surface area contributed by atoms with E-state index in [1.807, 2.05) is 27.1 Å². The van der Waals surface area contributed by atoms with Crippen molar-refractivity contribution < 1.29 is 14.3 Å². The van der Waals surface area contributed by atoms with Gasteiger partial charge in [-0.1, -0.05) is 0 Å². The topological polar surface area (TPSA) is 56.6 Å². The van der Waals surface area contributed by atoms with E-state index in [1.165, 1.54) is 55.5 Å². The molecule has 0 aliphatic carbocycles. The second-order valence-electron chi connectivity index (χ2n) is 11.1. The summed E-state index contributed by atoms with van der Waals surface area (Å²) in [6, 6.07) is 0. The molecule has 0 aromatic carbocycles. The second kappa shape index (κ2) is 14.7. The Bertz CT molecular complexity index is 694. The van der Waals surface area contributed by atoms with Crippen LogP contribution in [0, 0.1) is 0 Å². The Hall–Kier alpha value is -0.761. The standard InChI is InChI=1S/C15H24N3O3.3C4H9.Sn/c1-15(2,3)21-14(19)18-8-5-4-6-13(18)20-11-10-17-9-7-16-12-17;3*1-3-4-2;/h9,12-13H,4-6,8,10-11H2,1-3H3;3*1,3-4H2,2H3;. The monoisotopic (exact) mass is 585 g/mol. The molecule has 34 heavy (non-hydrogen) atoms. The van der Waals surface area contributed by atoms with Gasteiger partial charge in [-0.25, -0.2) is 0 Å². The molecule has 0 radical (unpaired) electrons. The number of unbranched alkanes of at least 4 members (excludes halogenated alkanes) is 3. The van der Waals surface area contributed by atoms with Crippen LogP contribution in [0.3, 0.4) is 0 Å². The molecule has 0 bridgehead atoms. The predicted octanol–water partition coefficient (Wildman–Crippen LogP) is 6.70. The Morgan fingerprint density at radius 3 is 2.24 bits per heavy atom. The number of nitrogens with zero attached hydrogens (tertiary/aromatic N) is 3. The third kappa shape index (κ3) is 9.36. The molecule has 1 saturated heterocycles. The van der Waals surface area contributed by atoms with Gasteiger partial charge in [0.2, 0.25) is 0 Å². The van der Waals surface area contributed by atoms with Gasteiger partial charge in [0.05, 0.1) is 0 Å². The number of carbonyl (C=O) groups is 1. The van der Waals surface area contributed by atoms with Crippen molar-refractivity contribution in [3.05, 3.63) is 12.5 Å². The number of rotatable bonds is 14. The van der Waals surface area contributed by atoms with Crippen LogP contribution in [0.4, 0.5) is 4.79 Å². The summed E-state index contributed by atoms with van der Waals surface area (Å²) in [5.74, 6) is 0. The normalized spacial score (nSPS) is 17.2. The molecule has 1 aliphatic rings. The van der Waals surface area contributed by atoms with E-state index < -0.39 is 24.0 Å². The molecule has 7 heteroatoms. The van der Waals surface area contributed by atoms with Crippen molar-refractivity contribution in [2.24, 2.45) is 0 Å². The summed E-state index contributed by atoms with van der Waals surface area (Å²) in [6.07, 6.45) is 14.8. The number of hydrogen-bond acceptors (Lipinski definition) is 4. The zero-order chi connectivity index (χ0) is 25.0. The Balaban J connectivity index is 2.01. The zero-order valence-electron chi connectivity index (χ0n) is 22.9. The van der Waals surface area contributed by atoms with E-state index in [0.29, 0.717) is 13.2 Å². The molecule has 1 aromatic heterocycles. The van der Waals surface area contributed by atoms with E-state index >= 15 is 0 Å². The van der Waals surface area contributed by atoms with Crippen molar-refractivity contribution in [3.63, 3.8) is 0 Å². The van der Waals surface area contributed by atoms with Crippen molar-refractivity contribution in [1.29, 1.82) is 0 Å². The fourth-order valence-electron chi connectivity index (χ4n) is 4.96. The van der Waals surface area contributed by atoms with Gasteiger partial charge in [0.1, 0.15) is 0 Å². The molecule has 0 saturated carbocycles. The van der Waals surface area contributed by atoms with Crippen LogP contribution in [0.2, 0.25) is 13.3 Å². The van der Waals surface area contributed by atoms with Crippen molar-refractivity contribution in [1.82, 2.24) is 14.5 Å². The van der Waals surface area contributed by atoms with Gasteiger partial charge >= 0.3 is 214 Å². The first kappa shape index (κ1) is 29.5. The maximum absolute atomic E-state index is 12.6. The first-order valence-corrected chi connectivity index (χ1v) is 21.4. The first-order chi connectivity index (χ1) is 16.2. The van der Waals surface area contributed by atoms with Crippen molar-refractivity contribution in [2.45, 2.75) is 131 Å². The molecule has 2 heterocycles. The number of ether oxygens (including phenoxy) is 2. The number of aromatic nitrogens is 2. The molecule has 1 unspecified atom stereocenters. The summed E-state index contributed by atoms with van der Waals surface area (Å²) in [5.41, 5.74) is -0.488. The summed E-state index contributed by atoms with van der Waals surface area (Å²) in [6.45, 7) is 14.8. The van der Waals surface area contributed by atoms with Crippen LogP contribution in [0.1, 0.15) is 99.3 Å². The molecule has 1 fully saturated rings. The van der Waals surface area contributed by atoms with Crippen LogP contribution < -0.4 is 3.71 Å². The molecular weight excluding hydrogens is 533 g/mol. The van der Waals surface area contributed by atoms with E-state index in [9.17, 15) is 4.79 Å². The number of piperidine rings is 1. The molecule has 1 amide bonds. The summed E-state index contributed by atoms with van der Waals surface area (Å²) >= 11 is -2.49. The molecule has 196 valence electrons. The summed E-state index contributed by atoms with van der Waals surface area (Å²) in [4.78, 5) is 19.4. The Morgan fingerprint density at radius 1 is 1.06 bits per heavy atom. The molecule has 2 rings (SSSR count). The van der Waals surface area contributed by atoms with Crippen molar-refractivity contribution in [2.75, 3.05) is 13.2 Å². The molecule has 1 aromatic rings. The second-order valence-corrected chi connectivity index (χ2v) is 24.1. The zero-order valence-corrected chi connectivity index (χ0v) is 25.8. The van der Waals surface area contributed by atoms with Crippen LogP contribution >= 0.6 is 0 Å². The Morgan fingerprint density at radius 2 is 1.68 bits per heavy atom. The summed E-state index contributed by atoms with van der Waals surface area (Å²) in [5, 5.41) is 0. The summed E-state index contributed by atoms with van der Waals surface area (Å²) < 4.78 is 19.8. The molecule has 0 spiro atoms. The van der Waals surface area contributed by atoms with Crippen LogP contribution in [-0.2, 0) is 16.0 Å². The van der Waals surface area contributed by atoms with Crippen LogP contribution in [0.5, 0.6) is 0 Å². The third-order valence-electron chi connectivity index (χ3n) is 6.94. The quantitative estimate of drug-likeness (QED) is 0.229. The molecule has 1 aliphatic heterocycles. The van der Waals surface area contributed by atoms with Crippen molar-refractivity contribution in [3.8, 4) is 0 Å². The average Bonchev–Trinajstić information content (AvgIpc) is 3.27. The fraction of sp³-hybridized carbons (Fsp3) is 0.852. The SMILES string of the molecule is CCC[CH2][Sn]([CH2]CCC)([CH2]CCC)[c]1cn(CCOC2CCCCN2C(=O)OC(C)(C)C)cn1. The van der Waals surface area contributed by atoms with Crippen LogP contribution in [0.25, 0.3) is 0 Å². The first-order valence-electron chi connectivity index (χ1n) is 13.9. The van der Waals surface area contributed by atoms with Gasteiger partial charge in [0.25, 0.3) is 0 Å². The maximum atomic E-state index is 12.6. The van der Waals surface area contributed by atoms with E-state index in [4.69, 9.17) is 14.5 Å². The van der Waals surface area contributed by atoms with E-state index in [0.717, 1.165) is 25.8 Å².